The number of pyridine rings is 1. The molecule has 0 unspecified atom stereocenters. The van der Waals surface area contributed by atoms with Gasteiger partial charge in [0, 0.05) is 33.8 Å². The Morgan fingerprint density at radius 3 is 1.95 bits per heavy atom. The summed E-state index contributed by atoms with van der Waals surface area (Å²) < 4.78 is 2.36. The molecule has 1 aliphatic rings. The molecule has 41 heavy (non-hydrogen) atoms. The van der Waals surface area contributed by atoms with Crippen LogP contribution in [0.25, 0.3) is 82.9 Å². The first-order valence-electron chi connectivity index (χ1n) is 14.1. The molecule has 190 valence electrons. The minimum atomic E-state index is 1.00. The van der Waals surface area contributed by atoms with Crippen LogP contribution >= 0.6 is 0 Å². The van der Waals surface area contributed by atoms with Crippen LogP contribution in [0.5, 0.6) is 0 Å². The minimum Gasteiger partial charge on any atom is -0.309 e. The highest BCUT2D eigenvalue weighted by Crippen LogP contribution is 2.47. The van der Waals surface area contributed by atoms with Crippen LogP contribution in [0.3, 0.4) is 0 Å². The van der Waals surface area contributed by atoms with Crippen molar-refractivity contribution in [1.82, 2.24) is 9.55 Å². The Hall–Kier alpha value is -5.47. The first-order valence-corrected chi connectivity index (χ1v) is 14.1. The summed E-state index contributed by atoms with van der Waals surface area (Å²) in [5.74, 6) is 0. The average molecular weight is 521 g/mol. The van der Waals surface area contributed by atoms with Crippen LogP contribution in [-0.2, 0) is 0 Å². The Kier molecular flexibility index (Phi) is 4.64. The van der Waals surface area contributed by atoms with Crippen molar-refractivity contribution < 1.29 is 0 Å². The van der Waals surface area contributed by atoms with Gasteiger partial charge in [0.05, 0.1) is 16.7 Å². The molecule has 0 amide bonds. The van der Waals surface area contributed by atoms with E-state index >= 15 is 0 Å². The van der Waals surface area contributed by atoms with Gasteiger partial charge in [0.2, 0.25) is 0 Å². The highest BCUT2D eigenvalue weighted by Gasteiger charge is 2.22. The van der Waals surface area contributed by atoms with Gasteiger partial charge in [-0.2, -0.15) is 0 Å². The molecular formula is C39H24N2. The molecule has 8 aromatic rings. The summed E-state index contributed by atoms with van der Waals surface area (Å²) in [4.78, 5) is 4.90. The van der Waals surface area contributed by atoms with Gasteiger partial charge in [0.15, 0.2) is 0 Å². The molecule has 0 saturated carbocycles. The Balaban J connectivity index is 1.12. The van der Waals surface area contributed by atoms with Crippen molar-refractivity contribution in [3.63, 3.8) is 0 Å². The quantitative estimate of drug-likeness (QED) is 0.227. The fourth-order valence-electron chi connectivity index (χ4n) is 6.68. The largest absolute Gasteiger partial charge is 0.309 e. The van der Waals surface area contributed by atoms with Crippen LogP contribution in [0.2, 0.25) is 0 Å². The van der Waals surface area contributed by atoms with E-state index in [0.29, 0.717) is 0 Å². The zero-order chi connectivity index (χ0) is 26.9. The number of rotatable bonds is 3. The van der Waals surface area contributed by atoms with Gasteiger partial charge in [-0.3, -0.25) is 4.98 Å². The number of para-hydroxylation sites is 2. The molecule has 0 bridgehead atoms. The SMILES string of the molecule is c1ccc(-n2c3ccccc3c3cc(-c4ccc(-c5cc6c(cn5)-c5cccc7cccc-6c57)cc4)ccc32)cc1. The molecule has 1 aliphatic carbocycles. The maximum Gasteiger partial charge on any atom is 0.0708 e. The van der Waals surface area contributed by atoms with Gasteiger partial charge in [-0.15, -0.1) is 0 Å². The van der Waals surface area contributed by atoms with Gasteiger partial charge in [-0.05, 0) is 75.0 Å². The van der Waals surface area contributed by atoms with Gasteiger partial charge in [0.1, 0.15) is 0 Å². The van der Waals surface area contributed by atoms with Crippen LogP contribution in [0, 0.1) is 0 Å². The Labute approximate surface area is 237 Å². The number of benzene rings is 6. The fourth-order valence-corrected chi connectivity index (χ4v) is 6.68. The van der Waals surface area contributed by atoms with E-state index in [2.05, 4.69) is 144 Å². The first kappa shape index (κ1) is 22.4. The lowest BCUT2D eigenvalue weighted by molar-refractivity contribution is 1.18. The zero-order valence-electron chi connectivity index (χ0n) is 22.3. The van der Waals surface area contributed by atoms with Gasteiger partial charge >= 0.3 is 0 Å². The maximum absolute atomic E-state index is 4.90. The second-order valence-corrected chi connectivity index (χ2v) is 10.8. The molecule has 2 nitrogen and oxygen atoms in total. The summed E-state index contributed by atoms with van der Waals surface area (Å²) in [5.41, 5.74) is 13.2. The molecule has 0 atom stereocenters. The van der Waals surface area contributed by atoms with Crippen molar-refractivity contribution in [3.8, 4) is 50.3 Å². The third kappa shape index (κ3) is 3.28. The summed E-state index contributed by atoms with van der Waals surface area (Å²) >= 11 is 0. The van der Waals surface area contributed by atoms with Gasteiger partial charge in [0.25, 0.3) is 0 Å². The highest BCUT2D eigenvalue weighted by atomic mass is 15.0. The Morgan fingerprint density at radius 2 is 1.12 bits per heavy atom. The molecule has 0 saturated heterocycles. The summed E-state index contributed by atoms with van der Waals surface area (Å²) in [7, 11) is 0. The van der Waals surface area contributed by atoms with E-state index in [1.165, 1.54) is 71.6 Å². The van der Waals surface area contributed by atoms with Crippen molar-refractivity contribution in [3.05, 3.63) is 146 Å². The molecule has 0 radical (unpaired) electrons. The van der Waals surface area contributed by atoms with E-state index in [4.69, 9.17) is 4.98 Å². The average Bonchev–Trinajstić information content (AvgIpc) is 3.55. The molecule has 0 spiro atoms. The third-order valence-corrected chi connectivity index (χ3v) is 8.59. The van der Waals surface area contributed by atoms with E-state index < -0.39 is 0 Å². The number of aromatic nitrogens is 2. The molecule has 2 heterocycles. The first-order chi connectivity index (χ1) is 20.3. The summed E-state index contributed by atoms with van der Waals surface area (Å²) in [5, 5.41) is 5.15. The molecule has 0 fully saturated rings. The Morgan fingerprint density at radius 1 is 0.439 bits per heavy atom. The number of hydrogen-bond donors (Lipinski definition) is 0. The summed E-state index contributed by atoms with van der Waals surface area (Å²) in [6.45, 7) is 0. The van der Waals surface area contributed by atoms with E-state index in [-0.39, 0.29) is 0 Å². The number of hydrogen-bond acceptors (Lipinski definition) is 1. The van der Waals surface area contributed by atoms with Crippen LogP contribution in [0.1, 0.15) is 0 Å². The molecule has 2 aromatic heterocycles. The maximum atomic E-state index is 4.90. The molecule has 2 heteroatoms. The normalized spacial score (nSPS) is 11.9. The van der Waals surface area contributed by atoms with Crippen molar-refractivity contribution in [1.29, 1.82) is 0 Å². The molecule has 9 rings (SSSR count). The van der Waals surface area contributed by atoms with Gasteiger partial charge < -0.3 is 4.57 Å². The van der Waals surface area contributed by atoms with Crippen molar-refractivity contribution >= 4 is 32.6 Å². The van der Waals surface area contributed by atoms with E-state index in [1.54, 1.807) is 0 Å². The van der Waals surface area contributed by atoms with Crippen molar-refractivity contribution in [2.45, 2.75) is 0 Å². The Bertz CT molecular complexity index is 2290. The van der Waals surface area contributed by atoms with E-state index in [9.17, 15) is 0 Å². The van der Waals surface area contributed by atoms with Crippen molar-refractivity contribution in [2.24, 2.45) is 0 Å². The second-order valence-electron chi connectivity index (χ2n) is 10.8. The standard InChI is InChI=1S/C39H24N2/c1-2-10-29(11-3-1)41-37-15-5-4-12-30(37)34-22-28(20-21-38(34)41)25-16-18-26(19-17-25)36-23-33-31-13-6-8-27-9-7-14-32(39(27)31)35(33)24-40-36/h1-24H. The number of fused-ring (bicyclic) bond motifs is 6. The predicted octanol–water partition coefficient (Wildman–Crippen LogP) is 10.3. The minimum absolute atomic E-state index is 1.00. The van der Waals surface area contributed by atoms with E-state index in [0.717, 1.165) is 11.3 Å². The third-order valence-electron chi connectivity index (χ3n) is 8.59. The van der Waals surface area contributed by atoms with Crippen LogP contribution in [-0.4, -0.2) is 9.55 Å². The van der Waals surface area contributed by atoms with Gasteiger partial charge in [-0.1, -0.05) is 103 Å². The number of nitrogens with zero attached hydrogens (tertiary/aromatic N) is 2. The topological polar surface area (TPSA) is 17.8 Å². The van der Waals surface area contributed by atoms with Crippen molar-refractivity contribution in [2.75, 3.05) is 0 Å². The lowest BCUT2D eigenvalue weighted by Crippen LogP contribution is -1.92. The monoisotopic (exact) mass is 520 g/mol. The lowest BCUT2D eigenvalue weighted by atomic mass is 9.99. The predicted molar refractivity (Wildman–Crippen MR) is 171 cm³/mol. The van der Waals surface area contributed by atoms with E-state index in [1.807, 2.05) is 6.20 Å². The molecule has 0 aliphatic heterocycles. The highest BCUT2D eigenvalue weighted by molar-refractivity contribution is 6.15. The summed E-state index contributed by atoms with van der Waals surface area (Å²) in [6, 6.07) is 50.3. The van der Waals surface area contributed by atoms with Crippen LogP contribution < -0.4 is 0 Å². The smallest absolute Gasteiger partial charge is 0.0708 e. The van der Waals surface area contributed by atoms with Crippen LogP contribution in [0.15, 0.2) is 146 Å². The lowest BCUT2D eigenvalue weighted by Gasteiger charge is -2.09. The zero-order valence-corrected chi connectivity index (χ0v) is 22.3. The summed E-state index contributed by atoms with van der Waals surface area (Å²) in [6.07, 6.45) is 2.05. The fraction of sp³-hybridized carbons (Fsp3) is 0. The van der Waals surface area contributed by atoms with Gasteiger partial charge in [-0.25, -0.2) is 0 Å². The molecular weight excluding hydrogens is 496 g/mol. The second kappa shape index (κ2) is 8.51. The molecule has 6 aromatic carbocycles. The molecule has 0 N–H and O–H groups in total. The van der Waals surface area contributed by atoms with Crippen LogP contribution in [0.4, 0.5) is 0 Å².